The van der Waals surface area contributed by atoms with Crippen molar-refractivity contribution in [3.63, 3.8) is 0 Å². The van der Waals surface area contributed by atoms with Crippen molar-refractivity contribution in [1.82, 2.24) is 5.32 Å². The van der Waals surface area contributed by atoms with Crippen LogP contribution in [0.1, 0.15) is 23.6 Å². The third-order valence-corrected chi connectivity index (χ3v) is 3.32. The van der Waals surface area contributed by atoms with Crippen molar-refractivity contribution in [1.29, 1.82) is 0 Å². The predicted octanol–water partition coefficient (Wildman–Crippen LogP) is 3.48. The maximum absolute atomic E-state index is 11.7. The maximum atomic E-state index is 11.7. The molecule has 2 aromatic carbocycles. The molecule has 0 radical (unpaired) electrons. The summed E-state index contributed by atoms with van der Waals surface area (Å²) in [6, 6.07) is 10.6. The number of phenols is 1. The van der Waals surface area contributed by atoms with Crippen molar-refractivity contribution in [2.45, 2.75) is 27.2 Å². The number of hydrogen-bond donors (Lipinski definition) is 2. The van der Waals surface area contributed by atoms with Gasteiger partial charge in [0, 0.05) is 6.54 Å². The van der Waals surface area contributed by atoms with Crippen molar-refractivity contribution in [2.24, 2.45) is 0 Å². The van der Waals surface area contributed by atoms with Crippen molar-refractivity contribution >= 4 is 5.91 Å². The first-order valence-electron chi connectivity index (χ1n) is 7.33. The van der Waals surface area contributed by atoms with Crippen molar-refractivity contribution in [3.8, 4) is 17.2 Å². The normalized spacial score (nSPS) is 10.3. The molecule has 0 spiro atoms. The third kappa shape index (κ3) is 4.01. The highest BCUT2D eigenvalue weighted by Gasteiger charge is 2.10. The van der Waals surface area contributed by atoms with E-state index >= 15 is 0 Å². The fourth-order valence-corrected chi connectivity index (χ4v) is 2.38. The van der Waals surface area contributed by atoms with Gasteiger partial charge in [-0.2, -0.15) is 0 Å². The summed E-state index contributed by atoms with van der Waals surface area (Å²) in [5.74, 6) is 1.68. The molecule has 0 unspecified atom stereocenters. The molecule has 0 aliphatic heterocycles. The fourth-order valence-electron chi connectivity index (χ4n) is 2.38. The van der Waals surface area contributed by atoms with Crippen LogP contribution in [0.15, 0.2) is 36.4 Å². The summed E-state index contributed by atoms with van der Waals surface area (Å²) in [5.41, 5.74) is 2.93. The third-order valence-electron chi connectivity index (χ3n) is 3.32. The first-order chi connectivity index (χ1) is 10.5. The SMILES string of the molecule is CCNC(=O)Cc1cc(C)c(Oc2ccc(O)cc2)c(C)c1. The molecule has 2 aromatic rings. The average Bonchev–Trinajstić information content (AvgIpc) is 2.45. The largest absolute Gasteiger partial charge is 0.508 e. The maximum Gasteiger partial charge on any atom is 0.224 e. The van der Waals surface area contributed by atoms with E-state index in [-0.39, 0.29) is 11.7 Å². The van der Waals surface area contributed by atoms with Gasteiger partial charge in [-0.3, -0.25) is 4.79 Å². The smallest absolute Gasteiger partial charge is 0.224 e. The molecule has 0 fully saturated rings. The number of carbonyl (C=O) groups is 1. The molecule has 2 rings (SSSR count). The Labute approximate surface area is 130 Å². The lowest BCUT2D eigenvalue weighted by atomic mass is 10.0. The number of likely N-dealkylation sites (N-methyl/N-ethyl adjacent to an activating group) is 1. The molecule has 22 heavy (non-hydrogen) atoms. The Bertz CT molecular complexity index is 640. The van der Waals surface area contributed by atoms with Gasteiger partial charge in [0.1, 0.15) is 17.2 Å². The quantitative estimate of drug-likeness (QED) is 0.888. The Kier molecular flexibility index (Phi) is 5.04. The lowest BCUT2D eigenvalue weighted by Gasteiger charge is -2.14. The monoisotopic (exact) mass is 299 g/mol. The zero-order chi connectivity index (χ0) is 16.1. The first kappa shape index (κ1) is 15.9. The van der Waals surface area contributed by atoms with E-state index in [1.54, 1.807) is 24.3 Å². The molecule has 0 saturated heterocycles. The minimum absolute atomic E-state index is 0.0218. The van der Waals surface area contributed by atoms with Crippen LogP contribution in [0.5, 0.6) is 17.2 Å². The second-order valence-corrected chi connectivity index (χ2v) is 5.28. The van der Waals surface area contributed by atoms with Gasteiger partial charge in [0.25, 0.3) is 0 Å². The van der Waals surface area contributed by atoms with E-state index in [2.05, 4.69) is 5.32 Å². The molecule has 0 bridgehead atoms. The van der Waals surface area contributed by atoms with Crippen LogP contribution in [0.25, 0.3) is 0 Å². The molecule has 4 nitrogen and oxygen atoms in total. The van der Waals surface area contributed by atoms with Crippen LogP contribution >= 0.6 is 0 Å². The molecular weight excluding hydrogens is 278 g/mol. The van der Waals surface area contributed by atoms with E-state index < -0.39 is 0 Å². The second-order valence-electron chi connectivity index (χ2n) is 5.28. The van der Waals surface area contributed by atoms with Gasteiger partial charge in [0.2, 0.25) is 5.91 Å². The van der Waals surface area contributed by atoms with E-state index in [4.69, 9.17) is 4.74 Å². The van der Waals surface area contributed by atoms with Crippen LogP contribution < -0.4 is 10.1 Å². The Balaban J connectivity index is 2.19. The average molecular weight is 299 g/mol. The topological polar surface area (TPSA) is 58.6 Å². The summed E-state index contributed by atoms with van der Waals surface area (Å²) in [4.78, 5) is 11.7. The molecule has 0 saturated carbocycles. The second kappa shape index (κ2) is 6.98. The number of ether oxygens (including phenoxy) is 1. The molecule has 0 heterocycles. The van der Waals surface area contributed by atoms with E-state index in [1.807, 2.05) is 32.9 Å². The minimum atomic E-state index is 0.0218. The number of aromatic hydroxyl groups is 1. The van der Waals surface area contributed by atoms with E-state index in [0.717, 1.165) is 22.4 Å². The van der Waals surface area contributed by atoms with Crippen LogP contribution in [0, 0.1) is 13.8 Å². The summed E-state index contributed by atoms with van der Waals surface area (Å²) < 4.78 is 5.89. The molecular formula is C18H21NO3. The highest BCUT2D eigenvalue weighted by atomic mass is 16.5. The predicted molar refractivity (Wildman–Crippen MR) is 86.5 cm³/mol. The Morgan fingerprint density at radius 1 is 1.14 bits per heavy atom. The van der Waals surface area contributed by atoms with Gasteiger partial charge < -0.3 is 15.2 Å². The fraction of sp³-hybridized carbons (Fsp3) is 0.278. The number of hydrogen-bond acceptors (Lipinski definition) is 3. The highest BCUT2D eigenvalue weighted by molar-refractivity contribution is 5.78. The Hall–Kier alpha value is -2.49. The van der Waals surface area contributed by atoms with E-state index in [9.17, 15) is 9.90 Å². The van der Waals surface area contributed by atoms with Gasteiger partial charge in [0.15, 0.2) is 0 Å². The van der Waals surface area contributed by atoms with Crippen LogP contribution in [-0.4, -0.2) is 17.6 Å². The summed E-state index contributed by atoms with van der Waals surface area (Å²) in [5, 5.41) is 12.1. The standard InChI is InChI=1S/C18H21NO3/c1-4-19-17(21)11-14-9-12(2)18(13(3)10-14)22-16-7-5-15(20)6-8-16/h5-10,20H,4,11H2,1-3H3,(H,19,21). The summed E-state index contributed by atoms with van der Waals surface area (Å²) in [6.45, 7) is 6.47. The first-order valence-corrected chi connectivity index (χ1v) is 7.33. The van der Waals surface area contributed by atoms with Crippen LogP contribution in [0.3, 0.4) is 0 Å². The molecule has 116 valence electrons. The number of nitrogens with one attached hydrogen (secondary N) is 1. The Morgan fingerprint density at radius 3 is 2.27 bits per heavy atom. The number of amides is 1. The van der Waals surface area contributed by atoms with Crippen LogP contribution in [0.4, 0.5) is 0 Å². The zero-order valence-corrected chi connectivity index (χ0v) is 13.1. The number of phenolic OH excluding ortho intramolecular Hbond substituents is 1. The molecule has 0 aliphatic carbocycles. The van der Waals surface area contributed by atoms with Crippen molar-refractivity contribution < 1.29 is 14.6 Å². The molecule has 4 heteroatoms. The number of carbonyl (C=O) groups excluding carboxylic acids is 1. The van der Waals surface area contributed by atoms with Crippen LogP contribution in [0.2, 0.25) is 0 Å². The molecule has 0 aromatic heterocycles. The number of rotatable bonds is 5. The molecule has 0 aliphatic rings. The van der Waals surface area contributed by atoms with Gasteiger partial charge in [-0.25, -0.2) is 0 Å². The molecule has 0 atom stereocenters. The van der Waals surface area contributed by atoms with Gasteiger partial charge >= 0.3 is 0 Å². The minimum Gasteiger partial charge on any atom is -0.508 e. The van der Waals surface area contributed by atoms with Crippen molar-refractivity contribution in [2.75, 3.05) is 6.54 Å². The highest BCUT2D eigenvalue weighted by Crippen LogP contribution is 2.30. The zero-order valence-electron chi connectivity index (χ0n) is 13.1. The van der Waals surface area contributed by atoms with Gasteiger partial charge in [-0.1, -0.05) is 12.1 Å². The van der Waals surface area contributed by atoms with Gasteiger partial charge in [-0.05, 0) is 61.7 Å². The number of benzene rings is 2. The van der Waals surface area contributed by atoms with Crippen molar-refractivity contribution in [3.05, 3.63) is 53.1 Å². The lowest BCUT2D eigenvalue weighted by Crippen LogP contribution is -2.24. The summed E-state index contributed by atoms with van der Waals surface area (Å²) >= 11 is 0. The van der Waals surface area contributed by atoms with E-state index in [0.29, 0.717) is 18.7 Å². The van der Waals surface area contributed by atoms with Crippen LogP contribution in [-0.2, 0) is 11.2 Å². The molecule has 2 N–H and O–H groups in total. The Morgan fingerprint density at radius 2 is 1.73 bits per heavy atom. The molecule has 1 amide bonds. The van der Waals surface area contributed by atoms with Gasteiger partial charge in [-0.15, -0.1) is 0 Å². The number of aryl methyl sites for hydroxylation is 2. The van der Waals surface area contributed by atoms with Gasteiger partial charge in [0.05, 0.1) is 6.42 Å². The van der Waals surface area contributed by atoms with E-state index in [1.165, 1.54) is 0 Å². The lowest BCUT2D eigenvalue weighted by molar-refractivity contribution is -0.120. The summed E-state index contributed by atoms with van der Waals surface area (Å²) in [7, 11) is 0. The summed E-state index contributed by atoms with van der Waals surface area (Å²) in [6.07, 6.45) is 0.370.